The fourth-order valence-corrected chi connectivity index (χ4v) is 2.00. The van der Waals surface area contributed by atoms with Crippen LogP contribution in [0.2, 0.25) is 0 Å². The molecule has 0 aliphatic carbocycles. The third-order valence-corrected chi connectivity index (χ3v) is 2.98. The van der Waals surface area contributed by atoms with Crippen molar-refractivity contribution >= 4 is 28.9 Å². The van der Waals surface area contributed by atoms with Crippen molar-refractivity contribution in [3.05, 3.63) is 29.8 Å². The number of hydrogen-bond donors (Lipinski definition) is 2. The van der Waals surface area contributed by atoms with Gasteiger partial charge in [0, 0.05) is 12.1 Å². The summed E-state index contributed by atoms with van der Waals surface area (Å²) in [6.07, 6.45) is 0.446. The zero-order chi connectivity index (χ0) is 15.3. The lowest BCUT2D eigenvalue weighted by molar-refractivity contribution is -0.121. The second-order valence-electron chi connectivity index (χ2n) is 6.52. The third kappa shape index (κ3) is 6.15. The quantitative estimate of drug-likeness (QED) is 0.825. The van der Waals surface area contributed by atoms with Crippen LogP contribution in [-0.4, -0.2) is 11.0 Å². The number of rotatable bonds is 3. The number of anilines is 1. The van der Waals surface area contributed by atoms with Crippen molar-refractivity contribution in [2.45, 2.75) is 47.0 Å². The summed E-state index contributed by atoms with van der Waals surface area (Å²) in [5.41, 5.74) is 2.12. The van der Waals surface area contributed by atoms with Gasteiger partial charge in [-0.05, 0) is 41.2 Å². The second-order valence-corrected chi connectivity index (χ2v) is 6.92. The zero-order valence-corrected chi connectivity index (χ0v) is 13.7. The molecule has 0 saturated carbocycles. The maximum absolute atomic E-state index is 11.8. The van der Waals surface area contributed by atoms with Crippen molar-refractivity contribution in [1.82, 2.24) is 5.32 Å². The molecule has 2 N–H and O–H groups in total. The van der Waals surface area contributed by atoms with Gasteiger partial charge in [0.05, 0.1) is 0 Å². The Labute approximate surface area is 127 Å². The molecule has 0 aromatic heterocycles. The van der Waals surface area contributed by atoms with Gasteiger partial charge < -0.3 is 10.6 Å². The van der Waals surface area contributed by atoms with Gasteiger partial charge in [0.2, 0.25) is 5.91 Å². The molecule has 20 heavy (non-hydrogen) atoms. The van der Waals surface area contributed by atoms with E-state index in [1.165, 1.54) is 5.56 Å². The highest BCUT2D eigenvalue weighted by Gasteiger charge is 2.16. The highest BCUT2D eigenvalue weighted by atomic mass is 32.1. The summed E-state index contributed by atoms with van der Waals surface area (Å²) in [5.74, 6) is 0.441. The van der Waals surface area contributed by atoms with E-state index in [1.807, 2.05) is 32.9 Å². The van der Waals surface area contributed by atoms with Crippen molar-refractivity contribution in [3.63, 3.8) is 0 Å². The molecule has 1 aromatic carbocycles. The summed E-state index contributed by atoms with van der Waals surface area (Å²) < 4.78 is 0. The van der Waals surface area contributed by atoms with Crippen molar-refractivity contribution in [2.75, 3.05) is 5.32 Å². The fourth-order valence-electron chi connectivity index (χ4n) is 1.77. The Kier molecular flexibility index (Phi) is 5.69. The van der Waals surface area contributed by atoms with Crippen LogP contribution >= 0.6 is 12.2 Å². The number of thiocarbonyl (C=S) groups is 1. The van der Waals surface area contributed by atoms with E-state index in [4.69, 9.17) is 12.2 Å². The highest BCUT2D eigenvalue weighted by molar-refractivity contribution is 7.80. The molecule has 110 valence electrons. The first-order chi connectivity index (χ1) is 9.17. The molecule has 0 heterocycles. The SMILES string of the molecule is CC(C)c1ccc(NC(=S)NC(=O)CC(C)(C)C)cc1. The standard InChI is InChI=1S/C16H24N2OS/c1-11(2)12-6-8-13(9-7-12)17-15(20)18-14(19)10-16(3,4)5/h6-9,11H,10H2,1-5H3,(H2,17,18,19,20). The molecule has 0 atom stereocenters. The van der Waals surface area contributed by atoms with Crippen LogP contribution in [-0.2, 0) is 4.79 Å². The van der Waals surface area contributed by atoms with Crippen LogP contribution in [0.5, 0.6) is 0 Å². The first-order valence-corrected chi connectivity index (χ1v) is 7.29. The average Bonchev–Trinajstić information content (AvgIpc) is 2.26. The van der Waals surface area contributed by atoms with Gasteiger partial charge in [-0.25, -0.2) is 0 Å². The lowest BCUT2D eigenvalue weighted by atomic mass is 9.92. The summed E-state index contributed by atoms with van der Waals surface area (Å²) >= 11 is 5.14. The molecule has 0 spiro atoms. The molecule has 0 bridgehead atoms. The van der Waals surface area contributed by atoms with Gasteiger partial charge in [0.1, 0.15) is 0 Å². The molecule has 1 aromatic rings. The van der Waals surface area contributed by atoms with Crippen LogP contribution in [0.4, 0.5) is 5.69 Å². The molecule has 0 fully saturated rings. The highest BCUT2D eigenvalue weighted by Crippen LogP contribution is 2.18. The van der Waals surface area contributed by atoms with E-state index in [0.29, 0.717) is 17.5 Å². The molecule has 1 amide bonds. The largest absolute Gasteiger partial charge is 0.332 e. The van der Waals surface area contributed by atoms with Gasteiger partial charge in [-0.15, -0.1) is 0 Å². The summed E-state index contributed by atoms with van der Waals surface area (Å²) in [4.78, 5) is 11.8. The molecule has 0 aliphatic rings. The molecule has 4 heteroatoms. The third-order valence-electron chi connectivity index (χ3n) is 2.78. The Bertz CT molecular complexity index is 472. The molecule has 0 unspecified atom stereocenters. The van der Waals surface area contributed by atoms with Crippen LogP contribution in [0.3, 0.4) is 0 Å². The first kappa shape index (κ1) is 16.6. The number of carbonyl (C=O) groups is 1. The maximum Gasteiger partial charge on any atom is 0.226 e. The topological polar surface area (TPSA) is 41.1 Å². The summed E-state index contributed by atoms with van der Waals surface area (Å²) in [7, 11) is 0. The van der Waals surface area contributed by atoms with Crippen molar-refractivity contribution in [1.29, 1.82) is 0 Å². The number of amides is 1. The lowest BCUT2D eigenvalue weighted by Crippen LogP contribution is -2.36. The van der Waals surface area contributed by atoms with Gasteiger partial charge in [-0.2, -0.15) is 0 Å². The maximum atomic E-state index is 11.8. The Morgan fingerprint density at radius 2 is 1.75 bits per heavy atom. The van der Waals surface area contributed by atoms with Gasteiger partial charge >= 0.3 is 0 Å². The molecule has 3 nitrogen and oxygen atoms in total. The molecule has 0 radical (unpaired) electrons. The minimum atomic E-state index is -0.0613. The van der Waals surface area contributed by atoms with Gasteiger partial charge in [0.25, 0.3) is 0 Å². The normalized spacial score (nSPS) is 11.3. The van der Waals surface area contributed by atoms with E-state index in [1.54, 1.807) is 0 Å². The second kappa shape index (κ2) is 6.84. The lowest BCUT2D eigenvalue weighted by Gasteiger charge is -2.18. The predicted octanol–water partition coefficient (Wildman–Crippen LogP) is 4.06. The van der Waals surface area contributed by atoms with Crippen LogP contribution in [0, 0.1) is 5.41 Å². The summed E-state index contributed by atoms with van der Waals surface area (Å²) in [5, 5.41) is 6.07. The fraction of sp³-hybridized carbons (Fsp3) is 0.500. The van der Waals surface area contributed by atoms with Crippen molar-refractivity contribution in [2.24, 2.45) is 5.41 Å². The first-order valence-electron chi connectivity index (χ1n) is 6.88. The predicted molar refractivity (Wildman–Crippen MR) is 89.0 cm³/mol. The average molecular weight is 292 g/mol. The Hall–Kier alpha value is -1.42. The zero-order valence-electron chi connectivity index (χ0n) is 12.9. The van der Waals surface area contributed by atoms with Crippen molar-refractivity contribution < 1.29 is 4.79 Å². The number of benzene rings is 1. The molecule has 1 rings (SSSR count). The van der Waals surface area contributed by atoms with E-state index < -0.39 is 0 Å². The van der Waals surface area contributed by atoms with Gasteiger partial charge in [-0.1, -0.05) is 46.8 Å². The minimum Gasteiger partial charge on any atom is -0.332 e. The monoisotopic (exact) mass is 292 g/mol. The smallest absolute Gasteiger partial charge is 0.226 e. The van der Waals surface area contributed by atoms with E-state index in [0.717, 1.165) is 5.69 Å². The molecular weight excluding hydrogens is 268 g/mol. The van der Waals surface area contributed by atoms with Crippen LogP contribution in [0.1, 0.15) is 52.5 Å². The Balaban J connectivity index is 2.52. The van der Waals surface area contributed by atoms with Crippen LogP contribution in [0.25, 0.3) is 0 Å². The summed E-state index contributed by atoms with van der Waals surface area (Å²) in [6, 6.07) is 8.06. The molecule has 0 aliphatic heterocycles. The van der Waals surface area contributed by atoms with Crippen LogP contribution in [0.15, 0.2) is 24.3 Å². The van der Waals surface area contributed by atoms with Crippen molar-refractivity contribution in [3.8, 4) is 0 Å². The van der Waals surface area contributed by atoms with E-state index >= 15 is 0 Å². The minimum absolute atomic E-state index is 0.0430. The van der Waals surface area contributed by atoms with Gasteiger partial charge in [0.15, 0.2) is 5.11 Å². The Morgan fingerprint density at radius 3 is 2.20 bits per heavy atom. The number of carbonyl (C=O) groups excluding carboxylic acids is 1. The summed E-state index contributed by atoms with van der Waals surface area (Å²) in [6.45, 7) is 10.4. The van der Waals surface area contributed by atoms with Crippen LogP contribution < -0.4 is 10.6 Å². The van der Waals surface area contributed by atoms with Gasteiger partial charge in [-0.3, -0.25) is 4.79 Å². The Morgan fingerprint density at radius 1 is 1.20 bits per heavy atom. The number of hydrogen-bond acceptors (Lipinski definition) is 2. The van der Waals surface area contributed by atoms with E-state index in [9.17, 15) is 4.79 Å². The number of nitrogens with one attached hydrogen (secondary N) is 2. The molecule has 0 saturated heterocycles. The van der Waals surface area contributed by atoms with E-state index in [2.05, 4.69) is 36.6 Å². The molecular formula is C16H24N2OS. The van der Waals surface area contributed by atoms with E-state index in [-0.39, 0.29) is 11.3 Å².